The maximum Gasteiger partial charge on any atom is 0.239 e. The van der Waals surface area contributed by atoms with Gasteiger partial charge in [0.05, 0.1) is 36.3 Å². The highest BCUT2D eigenvalue weighted by Crippen LogP contribution is 2.29. The Morgan fingerprint density at radius 2 is 2.00 bits per heavy atom. The maximum atomic E-state index is 13.5. The first-order valence-corrected chi connectivity index (χ1v) is 12.4. The molecule has 3 heterocycles. The van der Waals surface area contributed by atoms with E-state index in [1.54, 1.807) is 21.6 Å². The summed E-state index contributed by atoms with van der Waals surface area (Å²) < 4.78 is 3.34. The van der Waals surface area contributed by atoms with Gasteiger partial charge in [-0.25, -0.2) is 9.97 Å². The van der Waals surface area contributed by atoms with Crippen molar-refractivity contribution in [3.05, 3.63) is 66.4 Å². The zero-order chi connectivity index (χ0) is 25.2. The molecule has 0 aliphatic heterocycles. The van der Waals surface area contributed by atoms with Crippen molar-refractivity contribution in [2.24, 2.45) is 5.92 Å². The summed E-state index contributed by atoms with van der Waals surface area (Å²) in [5.41, 5.74) is 4.10. The Kier molecular flexibility index (Phi) is 6.47. The molecule has 0 radical (unpaired) electrons. The minimum absolute atomic E-state index is 0.0434. The second-order valence-electron chi connectivity index (χ2n) is 9.63. The first-order valence-electron chi connectivity index (χ1n) is 12.4. The van der Waals surface area contributed by atoms with Crippen molar-refractivity contribution < 1.29 is 9.59 Å². The Bertz CT molecular complexity index is 1460. The van der Waals surface area contributed by atoms with E-state index in [0.29, 0.717) is 30.0 Å². The van der Waals surface area contributed by atoms with E-state index in [-0.39, 0.29) is 23.8 Å². The predicted molar refractivity (Wildman–Crippen MR) is 135 cm³/mol. The van der Waals surface area contributed by atoms with E-state index in [4.69, 9.17) is 5.26 Å². The molecule has 8 heteroatoms. The summed E-state index contributed by atoms with van der Waals surface area (Å²) in [6, 6.07) is 12.0. The van der Waals surface area contributed by atoms with Gasteiger partial charge < -0.3 is 0 Å². The zero-order valence-corrected chi connectivity index (χ0v) is 20.5. The number of benzene rings is 1. The molecule has 182 valence electrons. The summed E-state index contributed by atoms with van der Waals surface area (Å²) in [5.74, 6) is 0.0617. The molecule has 4 aromatic rings. The van der Waals surface area contributed by atoms with Gasteiger partial charge in [-0.15, -0.1) is 0 Å². The van der Waals surface area contributed by atoms with Crippen LogP contribution in [0.2, 0.25) is 0 Å². The lowest BCUT2D eigenvalue weighted by molar-refractivity contribution is -0.120. The number of hydrogen-bond acceptors (Lipinski definition) is 6. The smallest absolute Gasteiger partial charge is 0.239 e. The molecule has 8 nitrogen and oxygen atoms in total. The summed E-state index contributed by atoms with van der Waals surface area (Å²) in [4.78, 5) is 34.3. The van der Waals surface area contributed by atoms with Crippen LogP contribution in [0.4, 0.5) is 0 Å². The van der Waals surface area contributed by atoms with E-state index in [1.807, 2.05) is 50.4 Å². The molecule has 3 aromatic heterocycles. The van der Waals surface area contributed by atoms with E-state index in [0.717, 1.165) is 41.3 Å². The van der Waals surface area contributed by atoms with Crippen LogP contribution in [0.1, 0.15) is 67.4 Å². The standard InChI is InChI=1S/C28H28N6O2/c1-18(10-12-29)34-16-23(15-32-34)26-24-11-13-33(27(24)31-17-30-26)28(36)19(2)21-8-6-20(7-9-21)14-22-4-3-5-25(22)35/h6-9,11,13,15-19,22H,3-5,10,14H2,1-2H3/t18-,19?,22?/m0/s1. The lowest BCUT2D eigenvalue weighted by atomic mass is 9.94. The van der Waals surface area contributed by atoms with E-state index >= 15 is 0 Å². The van der Waals surface area contributed by atoms with Gasteiger partial charge in [0.15, 0.2) is 5.65 Å². The van der Waals surface area contributed by atoms with Crippen LogP contribution in [0.5, 0.6) is 0 Å². The maximum absolute atomic E-state index is 13.5. The highest BCUT2D eigenvalue weighted by atomic mass is 16.2. The largest absolute Gasteiger partial charge is 0.299 e. The monoisotopic (exact) mass is 480 g/mol. The SMILES string of the molecule is CC(C(=O)n1ccc2c(-c3cnn([C@@H](C)CC#N)c3)ncnc21)c1ccc(CC2CCCC2=O)cc1. The number of aromatic nitrogens is 5. The molecular weight excluding hydrogens is 452 g/mol. The van der Waals surface area contributed by atoms with E-state index in [2.05, 4.69) is 21.1 Å². The van der Waals surface area contributed by atoms with Crippen LogP contribution in [-0.4, -0.2) is 36.0 Å². The molecule has 1 aromatic carbocycles. The van der Waals surface area contributed by atoms with Crippen LogP contribution in [0.3, 0.4) is 0 Å². The number of rotatable bonds is 7. The molecule has 3 atom stereocenters. The molecule has 0 saturated heterocycles. The lowest BCUT2D eigenvalue weighted by Crippen LogP contribution is -2.17. The second-order valence-corrected chi connectivity index (χ2v) is 9.63. The third-order valence-corrected chi connectivity index (χ3v) is 7.20. The number of nitrogens with zero attached hydrogens (tertiary/aromatic N) is 6. The summed E-state index contributed by atoms with van der Waals surface area (Å²) in [5, 5.41) is 14.1. The van der Waals surface area contributed by atoms with Crippen molar-refractivity contribution in [2.45, 2.75) is 57.9 Å². The fraction of sp³-hybridized carbons (Fsp3) is 0.357. The minimum Gasteiger partial charge on any atom is -0.299 e. The van der Waals surface area contributed by atoms with Crippen molar-refractivity contribution in [3.63, 3.8) is 0 Å². The zero-order valence-electron chi connectivity index (χ0n) is 20.5. The van der Waals surface area contributed by atoms with Crippen molar-refractivity contribution in [3.8, 4) is 17.3 Å². The third-order valence-electron chi connectivity index (χ3n) is 7.20. The molecule has 0 bridgehead atoms. The Morgan fingerprint density at radius 1 is 1.19 bits per heavy atom. The molecular formula is C28H28N6O2. The number of hydrogen-bond donors (Lipinski definition) is 0. The predicted octanol–water partition coefficient (Wildman–Crippen LogP) is 5.13. The van der Waals surface area contributed by atoms with Gasteiger partial charge in [-0.2, -0.15) is 10.4 Å². The first kappa shape index (κ1) is 23.6. The average Bonchev–Trinajstić information content (AvgIpc) is 3.64. The second kappa shape index (κ2) is 9.86. The Labute approximate surface area is 209 Å². The van der Waals surface area contributed by atoms with E-state index < -0.39 is 0 Å². The third kappa shape index (κ3) is 4.44. The minimum atomic E-state index is -0.365. The Balaban J connectivity index is 1.37. The molecule has 1 aliphatic rings. The van der Waals surface area contributed by atoms with Gasteiger partial charge in [-0.3, -0.25) is 18.8 Å². The first-order chi connectivity index (χ1) is 17.5. The molecule has 5 rings (SSSR count). The fourth-order valence-electron chi connectivity index (χ4n) is 4.97. The number of ketones is 1. The van der Waals surface area contributed by atoms with Crippen LogP contribution in [-0.2, 0) is 11.2 Å². The van der Waals surface area contributed by atoms with Crippen molar-refractivity contribution in [1.82, 2.24) is 24.3 Å². The summed E-state index contributed by atoms with van der Waals surface area (Å²) >= 11 is 0. The van der Waals surface area contributed by atoms with Gasteiger partial charge in [0.25, 0.3) is 0 Å². The van der Waals surface area contributed by atoms with Crippen LogP contribution in [0.25, 0.3) is 22.3 Å². The van der Waals surface area contributed by atoms with Crippen molar-refractivity contribution in [2.75, 3.05) is 0 Å². The van der Waals surface area contributed by atoms with Gasteiger partial charge in [-0.1, -0.05) is 24.3 Å². The van der Waals surface area contributed by atoms with Gasteiger partial charge >= 0.3 is 0 Å². The highest BCUT2D eigenvalue weighted by molar-refractivity contribution is 5.98. The van der Waals surface area contributed by atoms with Crippen LogP contribution < -0.4 is 0 Å². The van der Waals surface area contributed by atoms with Gasteiger partial charge in [-0.05, 0) is 50.3 Å². The summed E-state index contributed by atoms with van der Waals surface area (Å²) in [6.45, 7) is 3.83. The highest BCUT2D eigenvalue weighted by Gasteiger charge is 2.25. The molecule has 0 amide bonds. The Morgan fingerprint density at radius 3 is 2.72 bits per heavy atom. The number of fused-ring (bicyclic) bond motifs is 1. The average molecular weight is 481 g/mol. The van der Waals surface area contributed by atoms with Crippen molar-refractivity contribution >= 4 is 22.7 Å². The number of carbonyl (C=O) groups excluding carboxylic acids is 2. The molecule has 1 saturated carbocycles. The van der Waals surface area contributed by atoms with E-state index in [9.17, 15) is 9.59 Å². The molecule has 0 spiro atoms. The van der Waals surface area contributed by atoms with Gasteiger partial charge in [0, 0.05) is 35.7 Å². The number of carbonyl (C=O) groups is 2. The van der Waals surface area contributed by atoms with Crippen LogP contribution in [0, 0.1) is 17.2 Å². The van der Waals surface area contributed by atoms with E-state index in [1.165, 1.54) is 6.33 Å². The topological polar surface area (TPSA) is 106 Å². The van der Waals surface area contributed by atoms with Crippen LogP contribution in [0.15, 0.2) is 55.2 Å². The van der Waals surface area contributed by atoms with Gasteiger partial charge in [0.2, 0.25) is 5.91 Å². The lowest BCUT2D eigenvalue weighted by Gasteiger charge is -2.14. The molecule has 1 aliphatic carbocycles. The summed E-state index contributed by atoms with van der Waals surface area (Å²) in [7, 11) is 0. The molecule has 2 unspecified atom stereocenters. The van der Waals surface area contributed by atoms with Gasteiger partial charge in [0.1, 0.15) is 12.1 Å². The number of Topliss-reactive ketones (excluding diaryl/α,β-unsaturated/α-hetero) is 1. The quantitative estimate of drug-likeness (QED) is 0.363. The fourth-order valence-corrected chi connectivity index (χ4v) is 4.97. The normalized spacial score (nSPS) is 17.2. The summed E-state index contributed by atoms with van der Waals surface area (Å²) in [6.07, 6.45) is 10.6. The molecule has 0 N–H and O–H groups in total. The Hall–Kier alpha value is -4.12. The molecule has 36 heavy (non-hydrogen) atoms. The molecule has 1 fully saturated rings. The van der Waals surface area contributed by atoms with Crippen molar-refractivity contribution in [1.29, 1.82) is 5.26 Å². The number of nitriles is 1. The van der Waals surface area contributed by atoms with Crippen LogP contribution >= 0.6 is 0 Å².